The van der Waals surface area contributed by atoms with Gasteiger partial charge in [-0.25, -0.2) is 9.96 Å². The van der Waals surface area contributed by atoms with Crippen LogP contribution in [0.15, 0.2) is 91.0 Å². The van der Waals surface area contributed by atoms with Crippen LogP contribution in [0.1, 0.15) is 11.6 Å². The molecule has 4 aromatic rings. The van der Waals surface area contributed by atoms with Gasteiger partial charge in [0.05, 0.1) is 25.6 Å². The Balaban J connectivity index is 1.50. The summed E-state index contributed by atoms with van der Waals surface area (Å²) >= 11 is 0. The number of anilines is 2. The average Bonchev–Trinajstić information content (AvgIpc) is 3.44. The Hall–Kier alpha value is -4.36. The van der Waals surface area contributed by atoms with Crippen LogP contribution in [0.3, 0.4) is 0 Å². The molecule has 0 unspecified atom stereocenters. The largest absolute Gasteiger partial charge is 0.497 e. The first-order chi connectivity index (χ1) is 17.6. The van der Waals surface area contributed by atoms with E-state index in [1.807, 2.05) is 72.8 Å². The van der Waals surface area contributed by atoms with Crippen LogP contribution in [0, 0.1) is 5.92 Å². The van der Waals surface area contributed by atoms with Gasteiger partial charge >= 0.3 is 0 Å². The molecule has 2 saturated heterocycles. The molecule has 0 saturated carbocycles. The summed E-state index contributed by atoms with van der Waals surface area (Å²) in [4.78, 5) is 35.4. The standard InChI is InChI=1S/C29H24N2O5/c1-34-20-15-16-24(35-2)22(17-20)26-25-27(36-31(26)19-11-4-3-5-12-19)29(33)30(28(25)32)23-14-8-10-18-9-6-7-13-21(18)23/h3-17,25-27H,1-2H3/t25-,26-,27+/m1/s1. The lowest BCUT2D eigenvalue weighted by Crippen LogP contribution is -2.37. The van der Waals surface area contributed by atoms with E-state index in [4.69, 9.17) is 14.3 Å². The van der Waals surface area contributed by atoms with Crippen molar-refractivity contribution in [2.24, 2.45) is 5.92 Å². The third kappa shape index (κ3) is 3.31. The Labute approximate surface area is 208 Å². The second-order valence-corrected chi connectivity index (χ2v) is 8.78. The molecule has 0 N–H and O–H groups in total. The monoisotopic (exact) mass is 480 g/mol. The molecule has 3 atom stereocenters. The molecule has 2 fully saturated rings. The maximum atomic E-state index is 14.1. The molecule has 4 aromatic carbocycles. The number of nitrogens with zero attached hydrogens (tertiary/aromatic N) is 2. The summed E-state index contributed by atoms with van der Waals surface area (Å²) in [5.74, 6) is -0.279. The Morgan fingerprint density at radius 1 is 0.778 bits per heavy atom. The molecule has 0 bridgehead atoms. The molecule has 7 heteroatoms. The Morgan fingerprint density at radius 2 is 1.53 bits per heavy atom. The van der Waals surface area contributed by atoms with Crippen LogP contribution in [0.25, 0.3) is 10.8 Å². The molecule has 6 rings (SSSR count). The number of benzene rings is 4. The number of hydroxylamine groups is 1. The summed E-state index contributed by atoms with van der Waals surface area (Å²) in [6.07, 6.45) is -0.974. The lowest BCUT2D eigenvalue weighted by Gasteiger charge is -2.30. The number of ether oxygens (including phenoxy) is 2. The number of carbonyl (C=O) groups excluding carboxylic acids is 2. The van der Waals surface area contributed by atoms with E-state index in [1.165, 1.54) is 4.90 Å². The van der Waals surface area contributed by atoms with Gasteiger partial charge in [0.25, 0.3) is 5.91 Å². The van der Waals surface area contributed by atoms with E-state index in [1.54, 1.807) is 37.5 Å². The summed E-state index contributed by atoms with van der Waals surface area (Å²) in [6, 6.07) is 27.6. The topological polar surface area (TPSA) is 68.3 Å². The first-order valence-corrected chi connectivity index (χ1v) is 11.7. The van der Waals surface area contributed by atoms with Crippen molar-refractivity contribution in [1.82, 2.24) is 0 Å². The number of imide groups is 1. The van der Waals surface area contributed by atoms with Crippen LogP contribution in [0.5, 0.6) is 11.5 Å². The highest BCUT2D eigenvalue weighted by atomic mass is 16.7. The number of rotatable bonds is 5. The highest BCUT2D eigenvalue weighted by Crippen LogP contribution is 2.50. The number of hydrogen-bond donors (Lipinski definition) is 0. The predicted molar refractivity (Wildman–Crippen MR) is 136 cm³/mol. The van der Waals surface area contributed by atoms with Crippen molar-refractivity contribution in [3.05, 3.63) is 96.6 Å². The zero-order valence-electron chi connectivity index (χ0n) is 19.8. The number of methoxy groups -OCH3 is 2. The van der Waals surface area contributed by atoms with Crippen molar-refractivity contribution in [3.63, 3.8) is 0 Å². The van der Waals surface area contributed by atoms with Gasteiger partial charge in [0.15, 0.2) is 6.10 Å². The minimum atomic E-state index is -0.974. The summed E-state index contributed by atoms with van der Waals surface area (Å²) < 4.78 is 11.1. The summed E-state index contributed by atoms with van der Waals surface area (Å²) in [5.41, 5.74) is 2.00. The van der Waals surface area contributed by atoms with Crippen molar-refractivity contribution in [2.75, 3.05) is 24.2 Å². The van der Waals surface area contributed by atoms with Crippen molar-refractivity contribution < 1.29 is 23.9 Å². The predicted octanol–water partition coefficient (Wildman–Crippen LogP) is 4.91. The zero-order valence-corrected chi connectivity index (χ0v) is 19.8. The Morgan fingerprint density at radius 3 is 2.31 bits per heavy atom. The smallest absolute Gasteiger partial charge is 0.266 e. The van der Waals surface area contributed by atoms with Crippen molar-refractivity contribution in [1.29, 1.82) is 0 Å². The SMILES string of the molecule is COc1ccc(OC)c([C@@H]2[C@H]3C(=O)N(c4cccc5ccccc45)C(=O)[C@H]3ON2c2ccccc2)c1. The van der Waals surface area contributed by atoms with Crippen LogP contribution in [-0.2, 0) is 14.4 Å². The number of fused-ring (bicyclic) bond motifs is 2. The maximum absolute atomic E-state index is 14.1. The zero-order chi connectivity index (χ0) is 24.8. The lowest BCUT2D eigenvalue weighted by atomic mass is 9.89. The average molecular weight is 481 g/mol. The summed E-state index contributed by atoms with van der Waals surface area (Å²) in [5, 5.41) is 3.44. The number of carbonyl (C=O) groups is 2. The van der Waals surface area contributed by atoms with Gasteiger partial charge in [0.2, 0.25) is 5.91 Å². The van der Waals surface area contributed by atoms with Crippen LogP contribution < -0.4 is 19.4 Å². The van der Waals surface area contributed by atoms with Gasteiger partial charge in [-0.2, -0.15) is 0 Å². The quantitative estimate of drug-likeness (QED) is 0.378. The molecule has 0 aromatic heterocycles. The van der Waals surface area contributed by atoms with E-state index >= 15 is 0 Å². The fraction of sp³-hybridized carbons (Fsp3) is 0.172. The first-order valence-electron chi connectivity index (χ1n) is 11.7. The number of para-hydroxylation sites is 1. The molecular weight excluding hydrogens is 456 g/mol. The third-order valence-electron chi connectivity index (χ3n) is 6.89. The molecule has 0 spiro atoms. The molecule has 7 nitrogen and oxygen atoms in total. The van der Waals surface area contributed by atoms with Gasteiger partial charge in [-0.3, -0.25) is 14.4 Å². The first kappa shape index (κ1) is 22.1. The highest BCUT2D eigenvalue weighted by Gasteiger charge is 2.61. The van der Waals surface area contributed by atoms with Crippen molar-refractivity contribution >= 4 is 34.0 Å². The van der Waals surface area contributed by atoms with Crippen LogP contribution >= 0.6 is 0 Å². The van der Waals surface area contributed by atoms with Gasteiger partial charge in [-0.15, -0.1) is 0 Å². The van der Waals surface area contributed by atoms with Gasteiger partial charge < -0.3 is 9.47 Å². The van der Waals surface area contributed by atoms with Gasteiger partial charge in [0, 0.05) is 10.9 Å². The van der Waals surface area contributed by atoms with Crippen LogP contribution in [0.4, 0.5) is 11.4 Å². The molecule has 2 heterocycles. The van der Waals surface area contributed by atoms with E-state index < -0.39 is 18.1 Å². The molecule has 0 aliphatic carbocycles. The fourth-order valence-corrected chi connectivity index (χ4v) is 5.24. The molecule has 180 valence electrons. The molecule has 2 amide bonds. The van der Waals surface area contributed by atoms with E-state index in [0.29, 0.717) is 22.7 Å². The van der Waals surface area contributed by atoms with Gasteiger partial charge in [-0.05, 0) is 41.8 Å². The lowest BCUT2D eigenvalue weighted by molar-refractivity contribution is -0.126. The number of amides is 2. The maximum Gasteiger partial charge on any atom is 0.266 e. The number of hydrogen-bond acceptors (Lipinski definition) is 6. The normalized spacial score (nSPS) is 21.2. The molecule has 2 aliphatic rings. The second-order valence-electron chi connectivity index (χ2n) is 8.78. The summed E-state index contributed by atoms with van der Waals surface area (Å²) in [7, 11) is 3.16. The van der Waals surface area contributed by atoms with E-state index in [-0.39, 0.29) is 11.8 Å². The third-order valence-corrected chi connectivity index (χ3v) is 6.89. The highest BCUT2D eigenvalue weighted by molar-refractivity contribution is 6.26. The van der Waals surface area contributed by atoms with Gasteiger partial charge in [-0.1, -0.05) is 54.6 Å². The fourth-order valence-electron chi connectivity index (χ4n) is 5.24. The molecule has 0 radical (unpaired) electrons. The molecule has 2 aliphatic heterocycles. The summed E-state index contributed by atoms with van der Waals surface area (Å²) in [6.45, 7) is 0. The minimum absolute atomic E-state index is 0.311. The van der Waals surface area contributed by atoms with E-state index in [0.717, 1.165) is 16.5 Å². The van der Waals surface area contributed by atoms with E-state index in [9.17, 15) is 9.59 Å². The Kier molecular flexibility index (Phi) is 5.34. The molecule has 36 heavy (non-hydrogen) atoms. The van der Waals surface area contributed by atoms with Crippen molar-refractivity contribution in [3.8, 4) is 11.5 Å². The van der Waals surface area contributed by atoms with Crippen molar-refractivity contribution in [2.45, 2.75) is 12.1 Å². The Bertz CT molecular complexity index is 1470. The van der Waals surface area contributed by atoms with Crippen LogP contribution in [-0.4, -0.2) is 32.1 Å². The second kappa shape index (κ2) is 8.70. The van der Waals surface area contributed by atoms with Gasteiger partial charge in [0.1, 0.15) is 23.5 Å². The molecular formula is C29H24N2O5. The van der Waals surface area contributed by atoms with Crippen LogP contribution in [0.2, 0.25) is 0 Å². The minimum Gasteiger partial charge on any atom is -0.497 e. The van der Waals surface area contributed by atoms with E-state index in [2.05, 4.69) is 0 Å².